The number of benzene rings is 2. The lowest BCUT2D eigenvalue weighted by molar-refractivity contribution is -0.128. The van der Waals surface area contributed by atoms with Crippen LogP contribution >= 0.6 is 0 Å². The van der Waals surface area contributed by atoms with Crippen molar-refractivity contribution in [2.45, 2.75) is 51.2 Å². The fraction of sp³-hybridized carbons (Fsp3) is 0.333. The summed E-state index contributed by atoms with van der Waals surface area (Å²) in [6.45, 7) is 2.26. The summed E-state index contributed by atoms with van der Waals surface area (Å²) in [5.74, 6) is -0.219. The molecule has 4 rings (SSSR count). The largest absolute Gasteiger partial charge is 0.343 e. The van der Waals surface area contributed by atoms with E-state index in [1.54, 1.807) is 14.0 Å². The summed E-state index contributed by atoms with van der Waals surface area (Å²) in [4.78, 5) is 27.8. The molecular formula is C27H31N3O2. The molecule has 2 N–H and O–H groups in total. The Morgan fingerprint density at radius 3 is 2.62 bits per heavy atom. The molecule has 0 fully saturated rings. The zero-order valence-corrected chi connectivity index (χ0v) is 18.8. The number of para-hydroxylation sites is 1. The molecule has 2 atom stereocenters. The number of aryl methyl sites for hydroxylation is 1. The maximum absolute atomic E-state index is 13.5. The molecule has 2 amide bonds. The van der Waals surface area contributed by atoms with Crippen molar-refractivity contribution in [3.63, 3.8) is 0 Å². The van der Waals surface area contributed by atoms with Crippen molar-refractivity contribution in [2.24, 2.45) is 0 Å². The van der Waals surface area contributed by atoms with Crippen LogP contribution in [0.15, 0.2) is 66.8 Å². The van der Waals surface area contributed by atoms with Crippen molar-refractivity contribution < 1.29 is 9.59 Å². The van der Waals surface area contributed by atoms with Gasteiger partial charge in [-0.1, -0.05) is 60.7 Å². The van der Waals surface area contributed by atoms with E-state index in [0.29, 0.717) is 13.0 Å². The highest BCUT2D eigenvalue weighted by Crippen LogP contribution is 2.29. The number of nitrogens with one attached hydrogen (secondary N) is 2. The van der Waals surface area contributed by atoms with Crippen molar-refractivity contribution in [3.05, 3.63) is 83.4 Å². The SMILES string of the molecule is CN[C@@H](C)C(=O)NC1CCc2ccccc2N(Cc2ccc(C3=CCCC=C3)cc2)C1=O. The third kappa shape index (κ3) is 4.83. The molecule has 1 unspecified atom stereocenters. The molecule has 5 nitrogen and oxygen atoms in total. The third-order valence-electron chi connectivity index (χ3n) is 6.31. The van der Waals surface area contributed by atoms with Crippen LogP contribution in [0.25, 0.3) is 5.57 Å². The van der Waals surface area contributed by atoms with E-state index in [2.05, 4.69) is 59.2 Å². The first kappa shape index (κ1) is 22.0. The zero-order valence-electron chi connectivity index (χ0n) is 18.8. The summed E-state index contributed by atoms with van der Waals surface area (Å²) in [5, 5.41) is 5.89. The third-order valence-corrected chi connectivity index (χ3v) is 6.31. The first-order chi connectivity index (χ1) is 15.6. The summed E-state index contributed by atoms with van der Waals surface area (Å²) in [7, 11) is 1.74. The van der Waals surface area contributed by atoms with Crippen LogP contribution < -0.4 is 15.5 Å². The second kappa shape index (κ2) is 9.96. The number of amides is 2. The van der Waals surface area contributed by atoms with Crippen molar-refractivity contribution in [2.75, 3.05) is 11.9 Å². The van der Waals surface area contributed by atoms with Gasteiger partial charge in [0.15, 0.2) is 0 Å². The van der Waals surface area contributed by atoms with E-state index < -0.39 is 6.04 Å². The lowest BCUT2D eigenvalue weighted by Crippen LogP contribution is -2.52. The van der Waals surface area contributed by atoms with Crippen molar-refractivity contribution in [1.29, 1.82) is 0 Å². The molecule has 2 aliphatic rings. The van der Waals surface area contributed by atoms with E-state index in [-0.39, 0.29) is 17.9 Å². The van der Waals surface area contributed by atoms with Gasteiger partial charge >= 0.3 is 0 Å². The predicted molar refractivity (Wildman–Crippen MR) is 129 cm³/mol. The van der Waals surface area contributed by atoms with Gasteiger partial charge in [-0.2, -0.15) is 0 Å². The number of allylic oxidation sites excluding steroid dienone is 4. The summed E-state index contributed by atoms with van der Waals surface area (Å²) in [5.41, 5.74) is 5.57. The van der Waals surface area contributed by atoms with E-state index in [9.17, 15) is 9.59 Å². The summed E-state index contributed by atoms with van der Waals surface area (Å²) >= 11 is 0. The van der Waals surface area contributed by atoms with Crippen LogP contribution in [0, 0.1) is 0 Å². The molecule has 0 radical (unpaired) electrons. The van der Waals surface area contributed by atoms with E-state index in [4.69, 9.17) is 0 Å². The Morgan fingerprint density at radius 1 is 1.12 bits per heavy atom. The normalized spacial score (nSPS) is 19.1. The molecule has 166 valence electrons. The standard InChI is InChI=1S/C27H31N3O2/c1-19(28-2)26(31)29-24-17-16-23-10-6-7-11-25(23)30(27(24)32)18-20-12-14-22(15-13-20)21-8-4-3-5-9-21/h4,6-15,19,24,28H,3,5,16-18H2,1-2H3,(H,29,31)/t19-,24?/m0/s1. The average molecular weight is 430 g/mol. The molecule has 1 heterocycles. The number of fused-ring (bicyclic) bond motifs is 1. The molecule has 2 aromatic carbocycles. The molecule has 5 heteroatoms. The molecule has 0 aromatic heterocycles. The maximum atomic E-state index is 13.5. The molecule has 2 aromatic rings. The van der Waals surface area contributed by atoms with E-state index in [1.165, 1.54) is 11.1 Å². The van der Waals surface area contributed by atoms with Crippen LogP contribution in [0.1, 0.15) is 42.9 Å². The Balaban J connectivity index is 1.58. The monoisotopic (exact) mass is 429 g/mol. The number of hydrogen-bond donors (Lipinski definition) is 2. The zero-order chi connectivity index (χ0) is 22.5. The molecule has 0 saturated carbocycles. The Hall–Kier alpha value is -3.18. The summed E-state index contributed by atoms with van der Waals surface area (Å²) in [6.07, 6.45) is 10.2. The molecule has 32 heavy (non-hydrogen) atoms. The van der Waals surface area contributed by atoms with E-state index in [0.717, 1.165) is 36.1 Å². The van der Waals surface area contributed by atoms with Crippen LogP contribution in [-0.4, -0.2) is 30.9 Å². The minimum absolute atomic E-state index is 0.0615. The van der Waals surface area contributed by atoms with Crippen LogP contribution in [0.3, 0.4) is 0 Å². The van der Waals surface area contributed by atoms with Crippen molar-refractivity contribution >= 4 is 23.1 Å². The van der Waals surface area contributed by atoms with Gasteiger partial charge in [-0.25, -0.2) is 0 Å². The Bertz CT molecular complexity index is 1040. The Kier molecular flexibility index (Phi) is 6.86. The summed E-state index contributed by atoms with van der Waals surface area (Å²) < 4.78 is 0. The highest BCUT2D eigenvalue weighted by Gasteiger charge is 2.32. The minimum atomic E-state index is -0.539. The Labute approximate surface area is 190 Å². The number of hydrogen-bond acceptors (Lipinski definition) is 3. The fourth-order valence-corrected chi connectivity index (χ4v) is 4.25. The van der Waals surface area contributed by atoms with Gasteiger partial charge in [-0.3, -0.25) is 9.59 Å². The van der Waals surface area contributed by atoms with Crippen LogP contribution in [0.2, 0.25) is 0 Å². The molecular weight excluding hydrogens is 398 g/mol. The van der Waals surface area contributed by atoms with Gasteiger partial charge in [0.05, 0.1) is 12.6 Å². The fourth-order valence-electron chi connectivity index (χ4n) is 4.25. The smallest absolute Gasteiger partial charge is 0.249 e. The van der Waals surface area contributed by atoms with Gasteiger partial charge in [0.2, 0.25) is 11.8 Å². The quantitative estimate of drug-likeness (QED) is 0.730. The Morgan fingerprint density at radius 2 is 1.91 bits per heavy atom. The van der Waals surface area contributed by atoms with Crippen molar-refractivity contribution in [3.8, 4) is 0 Å². The van der Waals surface area contributed by atoms with Crippen LogP contribution in [0.4, 0.5) is 5.69 Å². The van der Waals surface area contributed by atoms with Gasteiger partial charge in [0.1, 0.15) is 6.04 Å². The second-order valence-electron chi connectivity index (χ2n) is 8.50. The van der Waals surface area contributed by atoms with Gasteiger partial charge in [-0.05, 0) is 68.0 Å². The van der Waals surface area contributed by atoms with Gasteiger partial charge < -0.3 is 15.5 Å². The first-order valence-corrected chi connectivity index (χ1v) is 11.4. The van der Waals surface area contributed by atoms with E-state index in [1.807, 2.05) is 23.1 Å². The van der Waals surface area contributed by atoms with Gasteiger partial charge in [0, 0.05) is 5.69 Å². The number of nitrogens with zero attached hydrogens (tertiary/aromatic N) is 1. The minimum Gasteiger partial charge on any atom is -0.343 e. The lowest BCUT2D eigenvalue weighted by atomic mass is 9.98. The molecule has 0 spiro atoms. The molecule has 1 aliphatic carbocycles. The molecule has 0 bridgehead atoms. The summed E-state index contributed by atoms with van der Waals surface area (Å²) in [6, 6.07) is 15.6. The number of carbonyl (C=O) groups excluding carboxylic acids is 2. The highest BCUT2D eigenvalue weighted by atomic mass is 16.2. The van der Waals surface area contributed by atoms with Crippen molar-refractivity contribution in [1.82, 2.24) is 10.6 Å². The number of anilines is 1. The molecule has 1 aliphatic heterocycles. The topological polar surface area (TPSA) is 61.4 Å². The van der Waals surface area contributed by atoms with Gasteiger partial charge in [-0.15, -0.1) is 0 Å². The van der Waals surface area contributed by atoms with Gasteiger partial charge in [0.25, 0.3) is 0 Å². The number of carbonyl (C=O) groups is 2. The first-order valence-electron chi connectivity index (χ1n) is 11.4. The second-order valence-corrected chi connectivity index (χ2v) is 8.50. The predicted octanol–water partition coefficient (Wildman–Crippen LogP) is 3.99. The average Bonchev–Trinajstić information content (AvgIpc) is 2.97. The van der Waals surface area contributed by atoms with Crippen LogP contribution in [0.5, 0.6) is 0 Å². The molecule has 0 saturated heterocycles. The van der Waals surface area contributed by atoms with E-state index >= 15 is 0 Å². The van der Waals surface area contributed by atoms with Crippen LogP contribution in [-0.2, 0) is 22.6 Å². The highest BCUT2D eigenvalue weighted by molar-refractivity contribution is 6.00. The number of rotatable bonds is 6. The lowest BCUT2D eigenvalue weighted by Gasteiger charge is -2.27. The number of likely N-dealkylation sites (N-methyl/N-ethyl adjacent to an activating group) is 1. The maximum Gasteiger partial charge on any atom is 0.249 e.